The van der Waals surface area contributed by atoms with E-state index in [-0.39, 0.29) is 23.7 Å². The van der Waals surface area contributed by atoms with Gasteiger partial charge in [0.15, 0.2) is 0 Å². The van der Waals surface area contributed by atoms with Gasteiger partial charge in [0, 0.05) is 17.2 Å². The molecule has 0 radical (unpaired) electrons. The fourth-order valence-electron chi connectivity index (χ4n) is 11.1. The minimum Gasteiger partial charge on any atom is -0.368 e. The lowest BCUT2D eigenvalue weighted by Crippen LogP contribution is -2.53. The molecule has 7 rings (SSSR count). The number of hydrogen-bond donors (Lipinski definition) is 4. The van der Waals surface area contributed by atoms with E-state index in [2.05, 4.69) is 5.32 Å². The monoisotopic (exact) mass is 1230 g/mol. The standard InChI is InChI=1S/C72H82N10O9/c1-48(55-23-13-8-14-24-55)76-41-65(84)78(53(6)60-33-37-62(38-34-60)71(74)90)43-67(86)80(51(4)58-29-19-11-20-30-58)45-68(87)81(52(5)59-31-21-12-22-32-59)46-70(89)82(54(7)61-35-39-63(40-36-61)72(75)91)47-69(88)79(50(3)57-27-17-10-18-28-57)44-66(85)77(42-64(73)83)49(2)56-25-15-9-16-26-56/h8-40,48-54,76H,41-47H2,1-7H3,(H2,73,83)(H2,74,90)(H2,75,91)/t48-,49-,50-,51-,52-,53-,54-/m0/s1. The lowest BCUT2D eigenvalue weighted by molar-refractivity contribution is -0.152. The first-order valence-corrected chi connectivity index (χ1v) is 30.4. The summed E-state index contributed by atoms with van der Waals surface area (Å²) in [4.78, 5) is 137. The van der Waals surface area contributed by atoms with Gasteiger partial charge in [-0.25, -0.2) is 0 Å². The highest BCUT2D eigenvalue weighted by molar-refractivity contribution is 5.95. The van der Waals surface area contributed by atoms with Crippen molar-refractivity contribution in [2.45, 2.75) is 90.8 Å². The van der Waals surface area contributed by atoms with E-state index in [1.165, 1.54) is 41.5 Å². The van der Waals surface area contributed by atoms with Crippen LogP contribution < -0.4 is 22.5 Å². The number of amides is 9. The van der Waals surface area contributed by atoms with Crippen LogP contribution in [-0.2, 0) is 33.6 Å². The Labute approximate surface area is 532 Å². The molecule has 19 heteroatoms. The summed E-state index contributed by atoms with van der Waals surface area (Å²) in [6, 6.07) is 53.6. The fraction of sp³-hybridized carbons (Fsp3) is 0.292. The summed E-state index contributed by atoms with van der Waals surface area (Å²) < 4.78 is 0. The van der Waals surface area contributed by atoms with Crippen LogP contribution >= 0.6 is 0 Å². The highest BCUT2D eigenvalue weighted by Crippen LogP contribution is 2.30. The zero-order valence-corrected chi connectivity index (χ0v) is 52.6. The van der Waals surface area contributed by atoms with Crippen molar-refractivity contribution in [2.24, 2.45) is 17.2 Å². The molecule has 0 saturated heterocycles. The van der Waals surface area contributed by atoms with Crippen LogP contribution in [0.5, 0.6) is 0 Å². The van der Waals surface area contributed by atoms with Gasteiger partial charge >= 0.3 is 0 Å². The quantitative estimate of drug-likeness (QED) is 0.0333. The smallest absolute Gasteiger partial charge is 0.248 e. The molecule has 7 N–H and O–H groups in total. The number of nitrogens with zero attached hydrogens (tertiary/aromatic N) is 6. The predicted octanol–water partition coefficient (Wildman–Crippen LogP) is 8.56. The Balaban J connectivity index is 1.27. The van der Waals surface area contributed by atoms with Crippen molar-refractivity contribution in [2.75, 3.05) is 45.8 Å². The topological polar surface area (TPSA) is 263 Å². The number of nitrogens with two attached hydrogens (primary N) is 3. The molecule has 91 heavy (non-hydrogen) atoms. The van der Waals surface area contributed by atoms with E-state index < -0.39 is 129 Å². The maximum absolute atomic E-state index is 15.7. The molecule has 7 aromatic rings. The molecule has 0 aliphatic carbocycles. The van der Waals surface area contributed by atoms with Gasteiger partial charge < -0.3 is 51.9 Å². The summed E-state index contributed by atoms with van der Waals surface area (Å²) in [5.74, 6) is -5.69. The summed E-state index contributed by atoms with van der Waals surface area (Å²) >= 11 is 0. The third-order valence-corrected chi connectivity index (χ3v) is 16.9. The first-order valence-electron chi connectivity index (χ1n) is 30.4. The second-order valence-electron chi connectivity index (χ2n) is 22.8. The molecule has 9 amide bonds. The molecule has 0 aromatic heterocycles. The third-order valence-electron chi connectivity index (χ3n) is 16.9. The molecule has 0 unspecified atom stereocenters. The van der Waals surface area contributed by atoms with Crippen LogP contribution in [0.4, 0.5) is 0 Å². The first-order chi connectivity index (χ1) is 43.5. The van der Waals surface area contributed by atoms with E-state index >= 15 is 19.2 Å². The lowest BCUT2D eigenvalue weighted by atomic mass is 10.0. The van der Waals surface area contributed by atoms with Crippen molar-refractivity contribution in [3.8, 4) is 0 Å². The van der Waals surface area contributed by atoms with Gasteiger partial charge in [-0.2, -0.15) is 0 Å². The maximum Gasteiger partial charge on any atom is 0.248 e. The second kappa shape index (κ2) is 32.3. The number of benzene rings is 7. The highest BCUT2D eigenvalue weighted by atomic mass is 16.2. The lowest BCUT2D eigenvalue weighted by Gasteiger charge is -2.38. The Morgan fingerprint density at radius 1 is 0.286 bits per heavy atom. The molecule has 0 bridgehead atoms. The molecule has 0 spiro atoms. The Hall–Kier alpha value is -10.3. The fourth-order valence-corrected chi connectivity index (χ4v) is 11.1. The number of rotatable bonds is 30. The number of hydrogen-bond acceptors (Lipinski definition) is 10. The van der Waals surface area contributed by atoms with E-state index in [0.717, 1.165) is 11.1 Å². The molecule has 474 valence electrons. The van der Waals surface area contributed by atoms with Gasteiger partial charge in [-0.15, -0.1) is 0 Å². The molecule has 7 atom stereocenters. The van der Waals surface area contributed by atoms with Crippen molar-refractivity contribution in [1.82, 2.24) is 34.7 Å². The van der Waals surface area contributed by atoms with Crippen molar-refractivity contribution < 1.29 is 43.2 Å². The number of carbonyl (C=O) groups is 9. The maximum atomic E-state index is 15.7. The Bertz CT molecular complexity index is 3600. The highest BCUT2D eigenvalue weighted by Gasteiger charge is 2.37. The van der Waals surface area contributed by atoms with E-state index in [9.17, 15) is 24.0 Å². The van der Waals surface area contributed by atoms with Crippen LogP contribution in [-0.4, -0.2) is 128 Å². The van der Waals surface area contributed by atoms with Crippen molar-refractivity contribution in [3.05, 3.63) is 250 Å². The van der Waals surface area contributed by atoms with E-state index in [1.54, 1.807) is 114 Å². The van der Waals surface area contributed by atoms with E-state index in [0.29, 0.717) is 27.8 Å². The molecule has 0 fully saturated rings. The Morgan fingerprint density at radius 3 is 0.725 bits per heavy atom. The third kappa shape index (κ3) is 18.2. The molecule has 0 aliphatic rings. The van der Waals surface area contributed by atoms with Gasteiger partial charge in [-0.05, 0) is 112 Å². The summed E-state index contributed by atoms with van der Waals surface area (Å²) in [5, 5.41) is 3.30. The minimum atomic E-state index is -0.921. The van der Waals surface area contributed by atoms with Gasteiger partial charge in [0.25, 0.3) is 0 Å². The number of nitrogens with one attached hydrogen (secondary N) is 1. The molecule has 0 heterocycles. The van der Waals surface area contributed by atoms with Crippen LogP contribution in [0.15, 0.2) is 200 Å². The van der Waals surface area contributed by atoms with Gasteiger partial charge in [0.05, 0.1) is 49.3 Å². The predicted molar refractivity (Wildman–Crippen MR) is 349 cm³/mol. The summed E-state index contributed by atoms with van der Waals surface area (Å²) in [7, 11) is 0. The van der Waals surface area contributed by atoms with E-state index in [4.69, 9.17) is 17.2 Å². The largest absolute Gasteiger partial charge is 0.368 e. The Kier molecular flexibility index (Phi) is 24.2. The number of primary amides is 3. The molecular formula is C72H82N10O9. The summed E-state index contributed by atoms with van der Waals surface area (Å²) in [6.07, 6.45) is 0. The zero-order chi connectivity index (χ0) is 65.9. The molecule has 0 saturated carbocycles. The van der Waals surface area contributed by atoms with Crippen LogP contribution in [0.1, 0.15) is 150 Å². The van der Waals surface area contributed by atoms with Gasteiger partial charge in [-0.3, -0.25) is 43.2 Å². The van der Waals surface area contributed by atoms with Crippen LogP contribution in [0, 0.1) is 0 Å². The normalized spacial score (nSPS) is 13.4. The average Bonchev–Trinajstić information content (AvgIpc) is 1.61. The summed E-state index contributed by atoms with van der Waals surface area (Å²) in [5.41, 5.74) is 22.2. The summed E-state index contributed by atoms with van der Waals surface area (Å²) in [6.45, 7) is 8.95. The SMILES string of the molecule is C[C@H](NCC(=O)N(CC(=O)N(CC(=O)N(CC(=O)N(CC(=O)N(CC(=O)N(CC(N)=O)[C@@H](C)c1ccccc1)[C@@H](C)c1ccccc1)[C@@H](C)c1ccc(C(N)=O)cc1)[C@@H](C)c1ccccc1)[C@@H](C)c1ccccc1)[C@@H](C)c1ccc(C(N)=O)cc1)c1ccccc1. The Morgan fingerprint density at radius 2 is 0.495 bits per heavy atom. The van der Waals surface area contributed by atoms with Crippen molar-refractivity contribution in [1.29, 1.82) is 0 Å². The molecule has 0 aliphatic heterocycles. The van der Waals surface area contributed by atoms with Gasteiger partial charge in [-0.1, -0.05) is 176 Å². The first kappa shape index (κ1) is 68.2. The average molecular weight is 1230 g/mol. The second-order valence-corrected chi connectivity index (χ2v) is 22.8. The number of carbonyl (C=O) groups excluding carboxylic acids is 9. The van der Waals surface area contributed by atoms with Gasteiger partial charge in [0.1, 0.15) is 32.7 Å². The zero-order valence-electron chi connectivity index (χ0n) is 52.6. The van der Waals surface area contributed by atoms with E-state index in [1.807, 2.05) is 122 Å². The van der Waals surface area contributed by atoms with Gasteiger partial charge in [0.2, 0.25) is 53.2 Å². The molecule has 19 nitrogen and oxygen atoms in total. The van der Waals surface area contributed by atoms with Crippen molar-refractivity contribution >= 4 is 53.2 Å². The van der Waals surface area contributed by atoms with Crippen LogP contribution in [0.2, 0.25) is 0 Å². The molecular weight excluding hydrogens is 1150 g/mol. The minimum absolute atomic E-state index is 0.169. The van der Waals surface area contributed by atoms with Crippen LogP contribution in [0.25, 0.3) is 0 Å². The van der Waals surface area contributed by atoms with Crippen molar-refractivity contribution in [3.63, 3.8) is 0 Å². The van der Waals surface area contributed by atoms with Crippen LogP contribution in [0.3, 0.4) is 0 Å². The molecule has 7 aromatic carbocycles.